The van der Waals surface area contributed by atoms with E-state index in [1.807, 2.05) is 18.2 Å². The van der Waals surface area contributed by atoms with E-state index in [4.69, 9.17) is 0 Å². The third kappa shape index (κ3) is 4.91. The molecule has 17 heavy (non-hydrogen) atoms. The molecular formula is C16H26O. The van der Waals surface area contributed by atoms with E-state index in [2.05, 4.69) is 32.9 Å². The maximum Gasteiger partial charge on any atom is 0.0687 e. The Hall–Kier alpha value is -0.820. The summed E-state index contributed by atoms with van der Waals surface area (Å²) < 4.78 is 0. The van der Waals surface area contributed by atoms with Crippen molar-refractivity contribution in [2.24, 2.45) is 5.92 Å². The van der Waals surface area contributed by atoms with Crippen molar-refractivity contribution >= 4 is 0 Å². The summed E-state index contributed by atoms with van der Waals surface area (Å²) in [4.78, 5) is 0. The fourth-order valence-corrected chi connectivity index (χ4v) is 2.56. The van der Waals surface area contributed by atoms with Crippen LogP contribution < -0.4 is 0 Å². The van der Waals surface area contributed by atoms with Crippen LogP contribution in [0.4, 0.5) is 0 Å². The summed E-state index contributed by atoms with van der Waals surface area (Å²) in [5, 5.41) is 10.7. The molecule has 0 aliphatic heterocycles. The first kappa shape index (κ1) is 14.2. The van der Waals surface area contributed by atoms with Crippen LogP contribution in [0, 0.1) is 5.92 Å². The fraction of sp³-hybridized carbons (Fsp3) is 0.625. The third-order valence-corrected chi connectivity index (χ3v) is 3.54. The lowest BCUT2D eigenvalue weighted by atomic mass is 9.82. The van der Waals surface area contributed by atoms with Crippen LogP contribution in [0.15, 0.2) is 30.3 Å². The Morgan fingerprint density at radius 2 is 1.82 bits per heavy atom. The monoisotopic (exact) mass is 234 g/mol. The van der Waals surface area contributed by atoms with Gasteiger partial charge < -0.3 is 5.11 Å². The predicted octanol–water partition coefficient (Wildman–Crippen LogP) is 4.20. The molecule has 1 nitrogen and oxygen atoms in total. The van der Waals surface area contributed by atoms with Crippen LogP contribution >= 0.6 is 0 Å². The fourth-order valence-electron chi connectivity index (χ4n) is 2.56. The van der Waals surface area contributed by atoms with Crippen LogP contribution in [0.3, 0.4) is 0 Å². The Bertz CT molecular complexity index is 307. The van der Waals surface area contributed by atoms with Crippen molar-refractivity contribution in [3.8, 4) is 0 Å². The van der Waals surface area contributed by atoms with E-state index >= 15 is 0 Å². The smallest absolute Gasteiger partial charge is 0.0687 e. The SMILES string of the molecule is CCCC(C)CC(O)(CC)Cc1ccccc1. The molecule has 0 fully saturated rings. The highest BCUT2D eigenvalue weighted by Crippen LogP contribution is 2.27. The van der Waals surface area contributed by atoms with Gasteiger partial charge in [-0.05, 0) is 24.3 Å². The summed E-state index contributed by atoms with van der Waals surface area (Å²) in [5.74, 6) is 0.605. The molecule has 0 bridgehead atoms. The zero-order valence-corrected chi connectivity index (χ0v) is 11.4. The van der Waals surface area contributed by atoms with Gasteiger partial charge in [0.1, 0.15) is 0 Å². The third-order valence-electron chi connectivity index (χ3n) is 3.54. The molecule has 0 saturated carbocycles. The van der Waals surface area contributed by atoms with Crippen molar-refractivity contribution in [2.75, 3.05) is 0 Å². The number of aliphatic hydroxyl groups is 1. The topological polar surface area (TPSA) is 20.2 Å². The molecular weight excluding hydrogens is 208 g/mol. The van der Waals surface area contributed by atoms with Crippen LogP contribution in [-0.4, -0.2) is 10.7 Å². The normalized spacial score (nSPS) is 16.5. The number of rotatable bonds is 7. The first-order chi connectivity index (χ1) is 8.09. The highest BCUT2D eigenvalue weighted by Gasteiger charge is 2.27. The van der Waals surface area contributed by atoms with Gasteiger partial charge in [-0.1, -0.05) is 63.9 Å². The zero-order chi connectivity index (χ0) is 12.7. The van der Waals surface area contributed by atoms with Crippen LogP contribution in [0.1, 0.15) is 52.0 Å². The minimum absolute atomic E-state index is 0.532. The van der Waals surface area contributed by atoms with Crippen LogP contribution in [0.2, 0.25) is 0 Å². The van der Waals surface area contributed by atoms with Gasteiger partial charge in [0.15, 0.2) is 0 Å². The van der Waals surface area contributed by atoms with Gasteiger partial charge in [-0.25, -0.2) is 0 Å². The second-order valence-electron chi connectivity index (χ2n) is 5.34. The largest absolute Gasteiger partial charge is 0.390 e. The summed E-state index contributed by atoms with van der Waals surface area (Å²) in [6, 6.07) is 10.3. The number of benzene rings is 1. The maximum absolute atomic E-state index is 10.7. The maximum atomic E-state index is 10.7. The molecule has 0 aromatic heterocycles. The van der Waals surface area contributed by atoms with Crippen molar-refractivity contribution in [1.29, 1.82) is 0 Å². The molecule has 1 heteroatoms. The molecule has 1 N–H and O–H groups in total. The van der Waals surface area contributed by atoms with Gasteiger partial charge in [0.2, 0.25) is 0 Å². The van der Waals surface area contributed by atoms with Crippen molar-refractivity contribution in [1.82, 2.24) is 0 Å². The van der Waals surface area contributed by atoms with Crippen LogP contribution in [-0.2, 0) is 6.42 Å². The zero-order valence-electron chi connectivity index (χ0n) is 11.4. The number of hydrogen-bond donors (Lipinski definition) is 1. The second kappa shape index (κ2) is 6.80. The van der Waals surface area contributed by atoms with E-state index in [1.54, 1.807) is 0 Å². The molecule has 2 unspecified atom stereocenters. The quantitative estimate of drug-likeness (QED) is 0.749. The van der Waals surface area contributed by atoms with Crippen molar-refractivity contribution < 1.29 is 5.11 Å². The Balaban J connectivity index is 2.62. The molecule has 96 valence electrons. The summed E-state index contributed by atoms with van der Waals surface area (Å²) in [6.45, 7) is 6.54. The van der Waals surface area contributed by atoms with E-state index in [9.17, 15) is 5.11 Å². The molecule has 0 saturated heterocycles. The molecule has 0 spiro atoms. The van der Waals surface area contributed by atoms with E-state index < -0.39 is 5.60 Å². The average Bonchev–Trinajstić information content (AvgIpc) is 2.30. The van der Waals surface area contributed by atoms with Crippen LogP contribution in [0.25, 0.3) is 0 Å². The Labute approximate surface area is 106 Å². The Morgan fingerprint density at radius 3 is 2.35 bits per heavy atom. The highest BCUT2D eigenvalue weighted by molar-refractivity contribution is 5.17. The molecule has 0 heterocycles. The average molecular weight is 234 g/mol. The molecule has 0 aliphatic carbocycles. The van der Waals surface area contributed by atoms with Gasteiger partial charge in [-0.15, -0.1) is 0 Å². The van der Waals surface area contributed by atoms with Crippen LogP contribution in [0.5, 0.6) is 0 Å². The van der Waals surface area contributed by atoms with Crippen molar-refractivity contribution in [3.05, 3.63) is 35.9 Å². The first-order valence-electron chi connectivity index (χ1n) is 6.86. The van der Waals surface area contributed by atoms with Gasteiger partial charge >= 0.3 is 0 Å². The summed E-state index contributed by atoms with van der Waals surface area (Å²) >= 11 is 0. The van der Waals surface area contributed by atoms with E-state index in [-0.39, 0.29) is 0 Å². The molecule has 1 rings (SSSR count). The summed E-state index contributed by atoms with van der Waals surface area (Å²) in [6.07, 6.45) is 4.92. The molecule has 0 radical (unpaired) electrons. The van der Waals surface area contributed by atoms with E-state index in [1.165, 1.54) is 18.4 Å². The van der Waals surface area contributed by atoms with Gasteiger partial charge in [-0.3, -0.25) is 0 Å². The lowest BCUT2D eigenvalue weighted by Crippen LogP contribution is -2.32. The predicted molar refractivity (Wildman–Crippen MR) is 74.1 cm³/mol. The second-order valence-corrected chi connectivity index (χ2v) is 5.34. The Morgan fingerprint density at radius 1 is 1.18 bits per heavy atom. The highest BCUT2D eigenvalue weighted by atomic mass is 16.3. The Kier molecular flexibility index (Phi) is 5.70. The standard InChI is InChI=1S/C16H26O/c1-4-9-14(3)12-16(17,5-2)13-15-10-7-6-8-11-15/h6-8,10-11,14,17H,4-5,9,12-13H2,1-3H3. The lowest BCUT2D eigenvalue weighted by Gasteiger charge is -2.30. The van der Waals surface area contributed by atoms with E-state index in [0.717, 1.165) is 19.3 Å². The molecule has 1 aromatic carbocycles. The van der Waals surface area contributed by atoms with Gasteiger partial charge in [-0.2, -0.15) is 0 Å². The molecule has 1 aromatic rings. The van der Waals surface area contributed by atoms with Gasteiger partial charge in [0.25, 0.3) is 0 Å². The minimum Gasteiger partial charge on any atom is -0.390 e. The first-order valence-corrected chi connectivity index (χ1v) is 6.86. The van der Waals surface area contributed by atoms with Crippen molar-refractivity contribution in [2.45, 2.75) is 58.5 Å². The van der Waals surface area contributed by atoms with E-state index in [0.29, 0.717) is 5.92 Å². The number of hydrogen-bond acceptors (Lipinski definition) is 1. The molecule has 2 atom stereocenters. The summed E-state index contributed by atoms with van der Waals surface area (Å²) in [7, 11) is 0. The van der Waals surface area contributed by atoms with Gasteiger partial charge in [0.05, 0.1) is 5.60 Å². The molecule has 0 aliphatic rings. The van der Waals surface area contributed by atoms with Gasteiger partial charge in [0, 0.05) is 6.42 Å². The lowest BCUT2D eigenvalue weighted by molar-refractivity contribution is 0.0129. The molecule has 0 amide bonds. The summed E-state index contributed by atoms with van der Waals surface area (Å²) in [5.41, 5.74) is 0.705. The minimum atomic E-state index is -0.532. The van der Waals surface area contributed by atoms with Crippen molar-refractivity contribution in [3.63, 3.8) is 0 Å².